The highest BCUT2D eigenvalue weighted by Crippen LogP contribution is 2.34. The van der Waals surface area contributed by atoms with Gasteiger partial charge in [-0.05, 0) is 55.3 Å². The van der Waals surface area contributed by atoms with Crippen LogP contribution in [-0.2, 0) is 9.59 Å². The minimum atomic E-state index is -0.233. The summed E-state index contributed by atoms with van der Waals surface area (Å²) in [7, 11) is 0. The first kappa shape index (κ1) is 20.1. The second kappa shape index (κ2) is 8.69. The van der Waals surface area contributed by atoms with Crippen molar-refractivity contribution in [1.82, 2.24) is 9.88 Å². The maximum Gasteiger partial charge on any atom is 0.286 e. The van der Waals surface area contributed by atoms with Crippen LogP contribution in [0.25, 0.3) is 6.08 Å². The number of hydrogen-bond donors (Lipinski definition) is 0. The lowest BCUT2D eigenvalue weighted by atomic mass is 10.1. The largest absolute Gasteiger partial charge is 0.351 e. The van der Waals surface area contributed by atoms with Crippen LogP contribution in [0.1, 0.15) is 31.9 Å². The number of anilines is 2. The third-order valence-corrected chi connectivity index (χ3v) is 6.72. The number of carbonyl (C=O) groups is 2. The molecule has 9 heteroatoms. The monoisotopic (exact) mass is 446 g/mol. The molecule has 1 saturated heterocycles. The van der Waals surface area contributed by atoms with Crippen LogP contribution in [0.15, 0.2) is 39.5 Å². The average Bonchev–Trinajstić information content (AvgIpc) is 3.30. The Morgan fingerprint density at radius 3 is 2.79 bits per heavy atom. The highest BCUT2D eigenvalue weighted by atomic mass is 35.5. The van der Waals surface area contributed by atoms with Crippen molar-refractivity contribution in [2.24, 2.45) is 4.99 Å². The Labute approximate surface area is 182 Å². The number of aromatic nitrogens is 1. The van der Waals surface area contributed by atoms with Crippen LogP contribution in [0.3, 0.4) is 0 Å². The van der Waals surface area contributed by atoms with E-state index in [9.17, 15) is 9.59 Å². The van der Waals surface area contributed by atoms with Crippen LogP contribution >= 0.6 is 34.7 Å². The van der Waals surface area contributed by atoms with Crippen LogP contribution < -0.4 is 4.90 Å². The SMILES string of the molecule is CC(=O)N(c1cccc(Cl)c1)c1nc(/C=C2/SC(N3CCCCC3)=NC2=O)cs1. The predicted molar refractivity (Wildman–Crippen MR) is 120 cm³/mol. The fourth-order valence-electron chi connectivity index (χ4n) is 3.24. The molecule has 150 valence electrons. The van der Waals surface area contributed by atoms with E-state index in [1.54, 1.807) is 24.3 Å². The Bertz CT molecular complexity index is 1010. The molecule has 2 aromatic rings. The van der Waals surface area contributed by atoms with Gasteiger partial charge >= 0.3 is 0 Å². The lowest BCUT2D eigenvalue weighted by Crippen LogP contribution is -2.33. The number of aliphatic imine (C=N–C) groups is 1. The van der Waals surface area contributed by atoms with Gasteiger partial charge in [-0.2, -0.15) is 4.99 Å². The molecule has 0 atom stereocenters. The van der Waals surface area contributed by atoms with Crippen molar-refractivity contribution >= 4 is 68.6 Å². The van der Waals surface area contributed by atoms with Crippen molar-refractivity contribution in [3.63, 3.8) is 0 Å². The topological polar surface area (TPSA) is 65.9 Å². The third-order valence-electron chi connectivity index (χ3n) is 4.60. The summed E-state index contributed by atoms with van der Waals surface area (Å²) in [5.41, 5.74) is 1.28. The number of amidine groups is 1. The van der Waals surface area contributed by atoms with Crippen molar-refractivity contribution in [1.29, 1.82) is 0 Å². The van der Waals surface area contributed by atoms with E-state index in [1.165, 1.54) is 41.3 Å². The molecule has 1 fully saturated rings. The summed E-state index contributed by atoms with van der Waals surface area (Å²) in [4.78, 5) is 37.6. The quantitative estimate of drug-likeness (QED) is 0.625. The number of thiazole rings is 1. The third kappa shape index (κ3) is 4.55. The first-order chi connectivity index (χ1) is 14.0. The molecule has 0 bridgehead atoms. The van der Waals surface area contributed by atoms with E-state index in [-0.39, 0.29) is 11.8 Å². The lowest BCUT2D eigenvalue weighted by molar-refractivity contribution is -0.116. The van der Waals surface area contributed by atoms with E-state index in [0.717, 1.165) is 31.1 Å². The van der Waals surface area contributed by atoms with Crippen LogP contribution in [0, 0.1) is 0 Å². The molecule has 29 heavy (non-hydrogen) atoms. The molecule has 0 N–H and O–H groups in total. The molecule has 1 aromatic heterocycles. The molecule has 1 aromatic carbocycles. The molecule has 2 aliphatic rings. The molecule has 0 aliphatic carbocycles. The van der Waals surface area contributed by atoms with Crippen LogP contribution in [0.2, 0.25) is 5.02 Å². The number of carbonyl (C=O) groups excluding carboxylic acids is 2. The Kier molecular flexibility index (Phi) is 6.03. The molecule has 3 heterocycles. The van der Waals surface area contributed by atoms with Gasteiger partial charge in [0.2, 0.25) is 5.91 Å². The summed E-state index contributed by atoms with van der Waals surface area (Å²) in [6.07, 6.45) is 5.23. The summed E-state index contributed by atoms with van der Waals surface area (Å²) in [5, 5.41) is 3.68. The average molecular weight is 447 g/mol. The van der Waals surface area contributed by atoms with Gasteiger partial charge in [0, 0.05) is 30.4 Å². The number of rotatable bonds is 3. The highest BCUT2D eigenvalue weighted by molar-refractivity contribution is 8.18. The number of halogens is 1. The Balaban J connectivity index is 1.54. The van der Waals surface area contributed by atoms with E-state index < -0.39 is 0 Å². The van der Waals surface area contributed by atoms with Crippen LogP contribution in [0.4, 0.5) is 10.8 Å². The van der Waals surface area contributed by atoms with Gasteiger partial charge in [-0.1, -0.05) is 17.7 Å². The Morgan fingerprint density at radius 1 is 1.28 bits per heavy atom. The number of likely N-dealkylation sites (tertiary alicyclic amines) is 1. The van der Waals surface area contributed by atoms with Crippen molar-refractivity contribution in [3.8, 4) is 0 Å². The van der Waals surface area contributed by atoms with Gasteiger partial charge in [0.25, 0.3) is 5.91 Å². The van der Waals surface area contributed by atoms with Crippen LogP contribution in [0.5, 0.6) is 0 Å². The van der Waals surface area contributed by atoms with Crippen molar-refractivity contribution in [2.45, 2.75) is 26.2 Å². The Morgan fingerprint density at radius 2 is 2.07 bits per heavy atom. The fourth-order valence-corrected chi connectivity index (χ4v) is 5.22. The molecule has 0 saturated carbocycles. The normalized spacial score (nSPS) is 18.3. The minimum absolute atomic E-state index is 0.164. The molecule has 2 aliphatic heterocycles. The molecule has 0 radical (unpaired) electrons. The maximum atomic E-state index is 12.3. The zero-order valence-corrected chi connectivity index (χ0v) is 18.2. The fraction of sp³-hybridized carbons (Fsp3) is 0.300. The number of nitrogens with zero attached hydrogens (tertiary/aromatic N) is 4. The molecule has 0 spiro atoms. The minimum Gasteiger partial charge on any atom is -0.351 e. The van der Waals surface area contributed by atoms with E-state index in [0.29, 0.717) is 26.4 Å². The number of piperidine rings is 1. The van der Waals surface area contributed by atoms with E-state index in [2.05, 4.69) is 14.9 Å². The molecule has 6 nitrogen and oxygen atoms in total. The second-order valence-corrected chi connectivity index (χ2v) is 9.03. The molecule has 2 amide bonds. The highest BCUT2D eigenvalue weighted by Gasteiger charge is 2.27. The van der Waals surface area contributed by atoms with Gasteiger partial charge in [-0.15, -0.1) is 11.3 Å². The van der Waals surface area contributed by atoms with E-state index in [4.69, 9.17) is 11.6 Å². The smallest absolute Gasteiger partial charge is 0.286 e. The number of benzene rings is 1. The number of thioether (sulfide) groups is 1. The van der Waals surface area contributed by atoms with Crippen molar-refractivity contribution in [3.05, 3.63) is 45.3 Å². The summed E-state index contributed by atoms with van der Waals surface area (Å²) < 4.78 is 0. The van der Waals surface area contributed by atoms with E-state index >= 15 is 0 Å². The first-order valence-electron chi connectivity index (χ1n) is 9.30. The summed E-state index contributed by atoms with van der Waals surface area (Å²) >= 11 is 8.81. The first-order valence-corrected chi connectivity index (χ1v) is 11.4. The lowest BCUT2D eigenvalue weighted by Gasteiger charge is -2.27. The summed E-state index contributed by atoms with van der Waals surface area (Å²) in [6.45, 7) is 3.37. The van der Waals surface area contributed by atoms with E-state index in [1.807, 2.05) is 11.4 Å². The standard InChI is InChI=1S/C20H19ClN4O2S2/c1-13(26)25(16-7-5-6-14(21)10-16)20-22-15(12-28-20)11-17-18(27)23-19(29-17)24-8-3-2-4-9-24/h5-7,10-12H,2-4,8-9H2,1H3/b17-11+. The molecular weight excluding hydrogens is 428 g/mol. The van der Waals surface area contributed by atoms with Gasteiger partial charge in [0.15, 0.2) is 10.3 Å². The van der Waals surface area contributed by atoms with Gasteiger partial charge in [-0.3, -0.25) is 14.5 Å². The predicted octanol–water partition coefficient (Wildman–Crippen LogP) is 4.94. The van der Waals surface area contributed by atoms with Gasteiger partial charge < -0.3 is 4.90 Å². The molecule has 4 rings (SSSR count). The maximum absolute atomic E-state index is 12.3. The zero-order valence-electron chi connectivity index (χ0n) is 15.8. The summed E-state index contributed by atoms with van der Waals surface area (Å²) in [5.74, 6) is -0.397. The van der Waals surface area contributed by atoms with Gasteiger partial charge in [0.1, 0.15) is 0 Å². The summed E-state index contributed by atoms with van der Waals surface area (Å²) in [6, 6.07) is 7.07. The van der Waals surface area contributed by atoms with Crippen molar-refractivity contribution < 1.29 is 9.59 Å². The van der Waals surface area contributed by atoms with Crippen LogP contribution in [-0.4, -0.2) is 40.0 Å². The second-order valence-electron chi connectivity index (χ2n) is 6.75. The zero-order chi connectivity index (χ0) is 20.4. The Hall–Kier alpha value is -2.16. The van der Waals surface area contributed by atoms with Gasteiger partial charge in [-0.25, -0.2) is 4.98 Å². The van der Waals surface area contributed by atoms with Gasteiger partial charge in [0.05, 0.1) is 16.3 Å². The molecular formula is C20H19ClN4O2S2. The van der Waals surface area contributed by atoms with Crippen molar-refractivity contribution in [2.75, 3.05) is 18.0 Å². The molecule has 0 unspecified atom stereocenters. The number of hydrogen-bond acceptors (Lipinski definition) is 6. The number of amides is 2.